The molecule has 0 radical (unpaired) electrons. The van der Waals surface area contributed by atoms with Crippen LogP contribution in [0.15, 0.2) is 72.2 Å². The summed E-state index contributed by atoms with van der Waals surface area (Å²) in [6, 6.07) is 18.9. The fourth-order valence-electron chi connectivity index (χ4n) is 8.20. The summed E-state index contributed by atoms with van der Waals surface area (Å²) in [5.74, 6) is -1.02. The van der Waals surface area contributed by atoms with Crippen molar-refractivity contribution in [2.24, 2.45) is 17.3 Å². The van der Waals surface area contributed by atoms with Gasteiger partial charge in [-0.05, 0) is 55.6 Å². The molecule has 1 aromatic heterocycles. The van der Waals surface area contributed by atoms with Crippen molar-refractivity contribution in [3.05, 3.63) is 88.4 Å². The topological polar surface area (TPSA) is 130 Å². The number of likely N-dealkylation sites (N-methyl/N-ethyl adjacent to an activating group) is 1. The largest absolute Gasteiger partial charge is 0.379 e. The number of rotatable bonds is 19. The Morgan fingerprint density at radius 3 is 2.14 bits per heavy atom. The highest BCUT2D eigenvalue weighted by atomic mass is 32.1. The standard InChI is InChI=1S/C43H59N5O6S.C3H8/c1-29(40(51)46-33(41-44-22-24-55-41)25-30-15-9-7-10-16-30)39(54-6)34-21-14-23-48(34)36(49)26-35(53-5)38(32-19-13-20-32)47(4)37(50)28-45-42(52)43(2,3)27-31-17-11-8-12-18-31;1-3-2/h7-12,15-18,22,24,29,32-35,38-39H,13-14,19-21,23,25-28H2,1-6H3,(H,45,52)(H,46,51);3H2,1-2H3. The Labute approximate surface area is 350 Å². The third-order valence-electron chi connectivity index (χ3n) is 11.6. The molecule has 1 saturated carbocycles. The average Bonchev–Trinajstić information content (AvgIpc) is 3.92. The molecule has 1 saturated heterocycles. The third kappa shape index (κ3) is 12.7. The third-order valence-corrected chi connectivity index (χ3v) is 12.5. The molecule has 4 amide bonds. The van der Waals surface area contributed by atoms with E-state index in [0.29, 0.717) is 25.8 Å². The number of benzene rings is 2. The molecule has 2 aliphatic rings. The lowest BCUT2D eigenvalue weighted by atomic mass is 9.76. The van der Waals surface area contributed by atoms with Gasteiger partial charge in [0.15, 0.2) is 0 Å². The van der Waals surface area contributed by atoms with Crippen molar-refractivity contribution >= 4 is 35.0 Å². The Bertz CT molecular complexity index is 1700. The van der Waals surface area contributed by atoms with Crippen molar-refractivity contribution in [1.29, 1.82) is 0 Å². The Morgan fingerprint density at radius 2 is 1.59 bits per heavy atom. The van der Waals surface area contributed by atoms with Crippen molar-refractivity contribution < 1.29 is 28.7 Å². The Kier molecular flexibility index (Phi) is 18.4. The van der Waals surface area contributed by atoms with Crippen LogP contribution in [0.1, 0.15) is 102 Å². The van der Waals surface area contributed by atoms with Gasteiger partial charge in [-0.1, -0.05) is 108 Å². The lowest BCUT2D eigenvalue weighted by Crippen LogP contribution is -2.56. The molecule has 1 aliphatic carbocycles. The van der Waals surface area contributed by atoms with E-state index in [2.05, 4.69) is 29.5 Å². The number of ether oxygens (including phenoxy) is 2. The number of amides is 4. The average molecular weight is 818 g/mol. The van der Waals surface area contributed by atoms with Crippen LogP contribution in [0.25, 0.3) is 0 Å². The van der Waals surface area contributed by atoms with Gasteiger partial charge < -0.3 is 29.9 Å². The SMILES string of the molecule is CCC.COC(CC(=O)N1CCCC1C(OC)C(C)C(=O)NC(Cc1ccccc1)c1nccs1)C(C1CCC1)N(C)C(=O)CNC(=O)C(C)(C)Cc1ccccc1. The first-order valence-electron chi connectivity index (χ1n) is 21.0. The van der Waals surface area contributed by atoms with Crippen molar-refractivity contribution in [2.45, 2.75) is 123 Å². The van der Waals surface area contributed by atoms with Gasteiger partial charge in [0, 0.05) is 44.8 Å². The molecule has 58 heavy (non-hydrogen) atoms. The molecule has 5 rings (SSSR count). The molecule has 0 spiro atoms. The number of nitrogens with one attached hydrogen (secondary N) is 2. The minimum atomic E-state index is -0.704. The zero-order valence-electron chi connectivity index (χ0n) is 35.9. The molecule has 2 N–H and O–H groups in total. The molecule has 3 aromatic rings. The first kappa shape index (κ1) is 46.6. The maximum Gasteiger partial charge on any atom is 0.242 e. The Hall–Kier alpha value is -4.13. The normalized spacial score (nSPS) is 18.1. The van der Waals surface area contributed by atoms with Crippen LogP contribution in [-0.4, -0.2) is 97.1 Å². The summed E-state index contributed by atoms with van der Waals surface area (Å²) in [4.78, 5) is 63.0. The molecule has 11 nitrogen and oxygen atoms in total. The fourth-order valence-corrected chi connectivity index (χ4v) is 8.89. The molecule has 6 atom stereocenters. The number of likely N-dealkylation sites (tertiary alicyclic amines) is 1. The first-order chi connectivity index (χ1) is 27.8. The molecule has 2 fully saturated rings. The quantitative estimate of drug-likeness (QED) is 0.133. The number of hydrogen-bond donors (Lipinski definition) is 2. The van der Waals surface area contributed by atoms with Crippen LogP contribution in [0.4, 0.5) is 0 Å². The molecule has 1 aliphatic heterocycles. The molecule has 2 aromatic carbocycles. The molecule has 0 bridgehead atoms. The number of carbonyl (C=O) groups is 4. The Morgan fingerprint density at radius 1 is 0.948 bits per heavy atom. The van der Waals surface area contributed by atoms with E-state index in [9.17, 15) is 19.2 Å². The molecule has 2 heterocycles. The van der Waals surface area contributed by atoms with E-state index in [4.69, 9.17) is 9.47 Å². The number of thiazole rings is 1. The maximum atomic E-state index is 14.2. The van der Waals surface area contributed by atoms with Crippen molar-refractivity contribution in [2.75, 3.05) is 34.4 Å². The van der Waals surface area contributed by atoms with E-state index in [0.717, 1.165) is 41.8 Å². The van der Waals surface area contributed by atoms with Gasteiger partial charge in [-0.3, -0.25) is 19.2 Å². The monoisotopic (exact) mass is 817 g/mol. The van der Waals surface area contributed by atoms with Gasteiger partial charge >= 0.3 is 0 Å². The summed E-state index contributed by atoms with van der Waals surface area (Å²) in [5.41, 5.74) is 1.45. The Balaban J connectivity index is 0.00000240. The van der Waals surface area contributed by atoms with E-state index < -0.39 is 23.5 Å². The molecular weight excluding hydrogens is 751 g/mol. The van der Waals surface area contributed by atoms with E-state index in [1.54, 1.807) is 32.4 Å². The van der Waals surface area contributed by atoms with Gasteiger partial charge in [0.2, 0.25) is 23.6 Å². The van der Waals surface area contributed by atoms with E-state index in [1.807, 2.05) is 91.7 Å². The summed E-state index contributed by atoms with van der Waals surface area (Å²) in [6.07, 6.45) is 7.60. The highest BCUT2D eigenvalue weighted by molar-refractivity contribution is 7.09. The molecule has 6 unspecified atom stereocenters. The second-order valence-corrected chi connectivity index (χ2v) is 17.4. The fraction of sp³-hybridized carbons (Fsp3) is 0.587. The highest BCUT2D eigenvalue weighted by Gasteiger charge is 2.44. The number of nitrogens with zero attached hydrogens (tertiary/aromatic N) is 3. The van der Waals surface area contributed by atoms with Gasteiger partial charge in [-0.15, -0.1) is 11.3 Å². The van der Waals surface area contributed by atoms with Gasteiger partial charge in [-0.25, -0.2) is 4.98 Å². The lowest BCUT2D eigenvalue weighted by Gasteiger charge is -2.43. The van der Waals surface area contributed by atoms with Crippen LogP contribution < -0.4 is 10.6 Å². The molecule has 318 valence electrons. The van der Waals surface area contributed by atoms with Gasteiger partial charge in [-0.2, -0.15) is 0 Å². The zero-order valence-corrected chi connectivity index (χ0v) is 36.8. The molecule has 12 heteroatoms. The summed E-state index contributed by atoms with van der Waals surface area (Å²) < 4.78 is 12.0. The summed E-state index contributed by atoms with van der Waals surface area (Å²) >= 11 is 1.51. The van der Waals surface area contributed by atoms with Crippen molar-refractivity contribution in [3.8, 4) is 0 Å². The highest BCUT2D eigenvalue weighted by Crippen LogP contribution is 2.36. The van der Waals surface area contributed by atoms with Crippen molar-refractivity contribution in [3.63, 3.8) is 0 Å². The maximum absolute atomic E-state index is 14.2. The predicted octanol–water partition coefficient (Wildman–Crippen LogP) is 7.02. The number of carbonyl (C=O) groups excluding carboxylic acids is 4. The second kappa shape index (κ2) is 22.9. The number of methoxy groups -OCH3 is 2. The minimum absolute atomic E-state index is 0.0858. The number of hydrogen-bond acceptors (Lipinski definition) is 8. The van der Waals surface area contributed by atoms with Crippen LogP contribution >= 0.6 is 11.3 Å². The van der Waals surface area contributed by atoms with Crippen LogP contribution in [-0.2, 0) is 41.5 Å². The number of aromatic nitrogens is 1. The van der Waals surface area contributed by atoms with E-state index >= 15 is 0 Å². The second-order valence-electron chi connectivity index (χ2n) is 16.5. The predicted molar refractivity (Wildman–Crippen MR) is 230 cm³/mol. The van der Waals surface area contributed by atoms with E-state index in [1.165, 1.54) is 17.8 Å². The van der Waals surface area contributed by atoms with E-state index in [-0.39, 0.29) is 60.6 Å². The smallest absolute Gasteiger partial charge is 0.242 e. The molecular formula is C46H67N5O6S. The minimum Gasteiger partial charge on any atom is -0.379 e. The van der Waals surface area contributed by atoms with Crippen LogP contribution in [0, 0.1) is 17.3 Å². The lowest BCUT2D eigenvalue weighted by molar-refractivity contribution is -0.147. The van der Waals surface area contributed by atoms with Gasteiger partial charge in [0.25, 0.3) is 0 Å². The van der Waals surface area contributed by atoms with Gasteiger partial charge in [0.1, 0.15) is 5.01 Å². The summed E-state index contributed by atoms with van der Waals surface area (Å²) in [6.45, 7) is 10.3. The van der Waals surface area contributed by atoms with Crippen molar-refractivity contribution in [1.82, 2.24) is 25.4 Å². The first-order valence-corrected chi connectivity index (χ1v) is 21.9. The van der Waals surface area contributed by atoms with Crippen LogP contribution in [0.3, 0.4) is 0 Å². The van der Waals surface area contributed by atoms with Crippen LogP contribution in [0.5, 0.6) is 0 Å². The summed E-state index contributed by atoms with van der Waals surface area (Å²) in [5, 5.41) is 8.85. The van der Waals surface area contributed by atoms with Gasteiger partial charge in [0.05, 0.1) is 49.2 Å². The van der Waals surface area contributed by atoms with Crippen LogP contribution in [0.2, 0.25) is 0 Å². The zero-order chi connectivity index (χ0) is 42.2. The summed E-state index contributed by atoms with van der Waals surface area (Å²) in [7, 11) is 4.94.